The van der Waals surface area contributed by atoms with E-state index in [9.17, 15) is 8.42 Å². The summed E-state index contributed by atoms with van der Waals surface area (Å²) in [7, 11) is -0.519. The molecule has 0 atom stereocenters. The quantitative estimate of drug-likeness (QED) is 0.918. The SMILES string of the molecule is COc1ccc(C(C)(C)C)cc1NS(=O)(=O)c1c(C)nn(C)c1C. The fourth-order valence-corrected chi connectivity index (χ4v) is 4.09. The Morgan fingerprint density at radius 1 is 1.21 bits per heavy atom. The highest BCUT2D eigenvalue weighted by Crippen LogP contribution is 2.33. The zero-order chi connectivity index (χ0) is 18.3. The van der Waals surface area contributed by atoms with Gasteiger partial charge in [-0.1, -0.05) is 26.8 Å². The van der Waals surface area contributed by atoms with Crippen LogP contribution in [0.5, 0.6) is 5.75 Å². The van der Waals surface area contributed by atoms with E-state index in [1.54, 1.807) is 31.6 Å². The Kier molecular flexibility index (Phi) is 4.68. The van der Waals surface area contributed by atoms with Crippen molar-refractivity contribution in [2.75, 3.05) is 11.8 Å². The molecule has 7 heteroatoms. The van der Waals surface area contributed by atoms with Gasteiger partial charge in [0.2, 0.25) is 0 Å². The Morgan fingerprint density at radius 2 is 1.83 bits per heavy atom. The molecule has 1 heterocycles. The van der Waals surface area contributed by atoms with Gasteiger partial charge in [-0.05, 0) is 37.0 Å². The largest absolute Gasteiger partial charge is 0.495 e. The number of sulfonamides is 1. The molecule has 0 aliphatic heterocycles. The highest BCUT2D eigenvalue weighted by Gasteiger charge is 2.26. The molecule has 1 N–H and O–H groups in total. The molecule has 0 amide bonds. The second-order valence-electron chi connectivity index (χ2n) is 6.89. The molecule has 2 rings (SSSR count). The number of aromatic nitrogens is 2. The molecule has 24 heavy (non-hydrogen) atoms. The number of methoxy groups -OCH3 is 1. The third kappa shape index (κ3) is 3.40. The van der Waals surface area contributed by atoms with E-state index in [0.29, 0.717) is 22.8 Å². The lowest BCUT2D eigenvalue weighted by atomic mass is 9.87. The lowest BCUT2D eigenvalue weighted by Crippen LogP contribution is -2.17. The van der Waals surface area contributed by atoms with Gasteiger partial charge < -0.3 is 4.74 Å². The number of hydrogen-bond donors (Lipinski definition) is 1. The molecule has 1 aromatic carbocycles. The normalized spacial score (nSPS) is 12.3. The van der Waals surface area contributed by atoms with Gasteiger partial charge in [-0.3, -0.25) is 9.40 Å². The van der Waals surface area contributed by atoms with E-state index in [0.717, 1.165) is 5.56 Å². The molecule has 132 valence electrons. The zero-order valence-corrected chi connectivity index (χ0v) is 16.1. The van der Waals surface area contributed by atoms with E-state index in [1.807, 2.05) is 12.1 Å². The van der Waals surface area contributed by atoms with E-state index in [1.165, 1.54) is 7.11 Å². The summed E-state index contributed by atoms with van der Waals surface area (Å²) in [6.45, 7) is 9.63. The fourth-order valence-electron chi connectivity index (χ4n) is 2.59. The maximum Gasteiger partial charge on any atom is 0.265 e. The van der Waals surface area contributed by atoms with E-state index < -0.39 is 10.0 Å². The van der Waals surface area contributed by atoms with Crippen molar-refractivity contribution < 1.29 is 13.2 Å². The van der Waals surface area contributed by atoms with Gasteiger partial charge in [-0.15, -0.1) is 0 Å². The first-order valence-corrected chi connectivity index (χ1v) is 9.17. The molecule has 2 aromatic rings. The van der Waals surface area contributed by atoms with Crippen molar-refractivity contribution in [3.63, 3.8) is 0 Å². The average Bonchev–Trinajstić information content (AvgIpc) is 2.71. The molecule has 0 spiro atoms. The number of nitrogens with zero attached hydrogens (tertiary/aromatic N) is 2. The van der Waals surface area contributed by atoms with E-state index in [-0.39, 0.29) is 10.3 Å². The van der Waals surface area contributed by atoms with Crippen LogP contribution in [0.15, 0.2) is 23.1 Å². The van der Waals surface area contributed by atoms with Crippen LogP contribution < -0.4 is 9.46 Å². The number of ether oxygens (including phenoxy) is 1. The van der Waals surface area contributed by atoms with Crippen LogP contribution in [0.1, 0.15) is 37.7 Å². The molecule has 0 unspecified atom stereocenters. The number of benzene rings is 1. The summed E-state index contributed by atoms with van der Waals surface area (Å²) in [6.07, 6.45) is 0. The maximum atomic E-state index is 12.9. The van der Waals surface area contributed by atoms with Gasteiger partial charge >= 0.3 is 0 Å². The van der Waals surface area contributed by atoms with Gasteiger partial charge in [0.15, 0.2) is 0 Å². The third-order valence-corrected chi connectivity index (χ3v) is 5.64. The van der Waals surface area contributed by atoms with Crippen molar-refractivity contribution in [2.45, 2.75) is 44.9 Å². The fraction of sp³-hybridized carbons (Fsp3) is 0.471. The average molecular weight is 351 g/mol. The molecule has 0 bridgehead atoms. The van der Waals surface area contributed by atoms with Gasteiger partial charge in [0.25, 0.3) is 10.0 Å². The van der Waals surface area contributed by atoms with Crippen LogP contribution in [-0.2, 0) is 22.5 Å². The minimum Gasteiger partial charge on any atom is -0.495 e. The Hall–Kier alpha value is -2.02. The van der Waals surface area contributed by atoms with Crippen molar-refractivity contribution in [2.24, 2.45) is 7.05 Å². The number of aryl methyl sites for hydroxylation is 2. The molecular weight excluding hydrogens is 326 g/mol. The monoisotopic (exact) mass is 351 g/mol. The van der Waals surface area contributed by atoms with Crippen LogP contribution in [0, 0.1) is 13.8 Å². The van der Waals surface area contributed by atoms with Crippen LogP contribution in [0.4, 0.5) is 5.69 Å². The van der Waals surface area contributed by atoms with Crippen LogP contribution >= 0.6 is 0 Å². The van der Waals surface area contributed by atoms with Crippen LogP contribution in [0.25, 0.3) is 0 Å². The van der Waals surface area contributed by atoms with E-state index in [4.69, 9.17) is 4.74 Å². The molecule has 0 fully saturated rings. The summed E-state index contributed by atoms with van der Waals surface area (Å²) in [5, 5.41) is 4.18. The second-order valence-corrected chi connectivity index (χ2v) is 8.51. The third-order valence-electron chi connectivity index (χ3n) is 4.02. The van der Waals surface area contributed by atoms with Gasteiger partial charge in [0.05, 0.1) is 24.2 Å². The first-order valence-electron chi connectivity index (χ1n) is 7.69. The second kappa shape index (κ2) is 6.12. The summed E-state index contributed by atoms with van der Waals surface area (Å²) >= 11 is 0. The molecule has 0 aliphatic rings. The first-order chi connectivity index (χ1) is 11.0. The number of hydrogen-bond acceptors (Lipinski definition) is 4. The summed E-state index contributed by atoms with van der Waals surface area (Å²) in [5.41, 5.74) is 2.39. The Labute approximate surface area is 143 Å². The molecule has 0 saturated heterocycles. The summed E-state index contributed by atoms with van der Waals surface area (Å²) in [4.78, 5) is 0.202. The molecule has 0 aliphatic carbocycles. The maximum absolute atomic E-state index is 12.9. The molecular formula is C17H25N3O3S. The van der Waals surface area contributed by atoms with Gasteiger partial charge in [0, 0.05) is 7.05 Å². The van der Waals surface area contributed by atoms with Crippen LogP contribution in [0.3, 0.4) is 0 Å². The summed E-state index contributed by atoms with van der Waals surface area (Å²) < 4.78 is 35.3. The standard InChI is InChI=1S/C17H25N3O3S/c1-11-16(12(2)20(6)18-11)24(21,22)19-14-10-13(17(3,4)5)8-9-15(14)23-7/h8-10,19H,1-7H3. The minimum atomic E-state index is -3.76. The van der Waals surface area contributed by atoms with Crippen molar-refractivity contribution >= 4 is 15.7 Å². The molecule has 6 nitrogen and oxygen atoms in total. The molecule has 0 radical (unpaired) electrons. The number of nitrogens with one attached hydrogen (secondary N) is 1. The van der Waals surface area contributed by atoms with Crippen LogP contribution in [0.2, 0.25) is 0 Å². The minimum absolute atomic E-state index is 0.105. The Balaban J connectivity index is 2.53. The Bertz CT molecular complexity index is 862. The highest BCUT2D eigenvalue weighted by molar-refractivity contribution is 7.92. The lowest BCUT2D eigenvalue weighted by molar-refractivity contribution is 0.416. The number of anilines is 1. The van der Waals surface area contributed by atoms with Crippen molar-refractivity contribution in [3.05, 3.63) is 35.2 Å². The first kappa shape index (κ1) is 18.3. The smallest absolute Gasteiger partial charge is 0.265 e. The van der Waals surface area contributed by atoms with E-state index in [2.05, 4.69) is 30.6 Å². The summed E-state index contributed by atoms with van der Waals surface area (Å²) in [6, 6.07) is 5.54. The topological polar surface area (TPSA) is 73.2 Å². The summed E-state index contributed by atoms with van der Waals surface area (Å²) in [5.74, 6) is 0.478. The van der Waals surface area contributed by atoms with E-state index >= 15 is 0 Å². The van der Waals surface area contributed by atoms with Crippen molar-refractivity contribution in [1.29, 1.82) is 0 Å². The Morgan fingerprint density at radius 3 is 2.29 bits per heavy atom. The predicted molar refractivity (Wildman–Crippen MR) is 95.2 cm³/mol. The van der Waals surface area contributed by atoms with Gasteiger partial charge in [-0.2, -0.15) is 5.10 Å². The molecule has 0 saturated carbocycles. The van der Waals surface area contributed by atoms with Gasteiger partial charge in [0.1, 0.15) is 10.6 Å². The zero-order valence-electron chi connectivity index (χ0n) is 15.3. The van der Waals surface area contributed by atoms with Crippen molar-refractivity contribution in [3.8, 4) is 5.75 Å². The highest BCUT2D eigenvalue weighted by atomic mass is 32.2. The van der Waals surface area contributed by atoms with Crippen molar-refractivity contribution in [1.82, 2.24) is 9.78 Å². The predicted octanol–water partition coefficient (Wildman–Crippen LogP) is 3.14. The van der Waals surface area contributed by atoms with Gasteiger partial charge in [-0.25, -0.2) is 8.42 Å². The molecule has 1 aromatic heterocycles. The lowest BCUT2D eigenvalue weighted by Gasteiger charge is -2.21. The number of rotatable bonds is 4. The van der Waals surface area contributed by atoms with Crippen LogP contribution in [-0.4, -0.2) is 25.3 Å².